The maximum Gasteiger partial charge on any atom is 0.278 e. The predicted octanol–water partition coefficient (Wildman–Crippen LogP) is 1.87. The zero-order valence-corrected chi connectivity index (χ0v) is 14.5. The molecular weight excluding hydrogens is 329 g/mol. The molecule has 1 aromatic carbocycles. The van der Waals surface area contributed by atoms with Crippen molar-refractivity contribution >= 4 is 21.8 Å². The molecular formula is C14H21ClFN3O2S. The van der Waals surface area contributed by atoms with Crippen molar-refractivity contribution in [3.63, 3.8) is 0 Å². The third-order valence-electron chi connectivity index (χ3n) is 4.07. The van der Waals surface area contributed by atoms with Gasteiger partial charge in [0.05, 0.1) is 5.02 Å². The van der Waals surface area contributed by atoms with E-state index in [0.717, 1.165) is 22.8 Å². The van der Waals surface area contributed by atoms with Gasteiger partial charge in [-0.05, 0) is 43.6 Å². The molecule has 1 saturated heterocycles. The van der Waals surface area contributed by atoms with E-state index in [1.54, 1.807) is 12.1 Å². The quantitative estimate of drug-likeness (QED) is 0.883. The number of hydrogen-bond acceptors (Lipinski definition) is 3. The molecule has 2 rings (SSSR count). The van der Waals surface area contributed by atoms with Crippen LogP contribution in [0.1, 0.15) is 18.0 Å². The minimum Gasteiger partial charge on any atom is -0.299 e. The summed E-state index contributed by atoms with van der Waals surface area (Å²) in [6, 6.07) is 4.74. The monoisotopic (exact) mass is 349 g/mol. The van der Waals surface area contributed by atoms with Crippen LogP contribution in [0, 0.1) is 11.7 Å². The zero-order chi connectivity index (χ0) is 16.5. The molecule has 1 N–H and O–H groups in total. The van der Waals surface area contributed by atoms with Gasteiger partial charge in [0.15, 0.2) is 0 Å². The van der Waals surface area contributed by atoms with E-state index in [1.807, 2.05) is 7.05 Å². The van der Waals surface area contributed by atoms with E-state index in [0.29, 0.717) is 6.54 Å². The number of halogens is 2. The largest absolute Gasteiger partial charge is 0.299 e. The van der Waals surface area contributed by atoms with E-state index >= 15 is 0 Å². The fourth-order valence-corrected chi connectivity index (χ4v) is 3.60. The van der Waals surface area contributed by atoms with Crippen molar-refractivity contribution < 1.29 is 12.8 Å². The van der Waals surface area contributed by atoms with Crippen molar-refractivity contribution in [3.05, 3.63) is 34.6 Å². The summed E-state index contributed by atoms with van der Waals surface area (Å²) in [5.41, 5.74) is 0.816. The van der Waals surface area contributed by atoms with E-state index in [9.17, 15) is 12.8 Å². The second-order valence-corrected chi connectivity index (χ2v) is 8.16. The van der Waals surface area contributed by atoms with E-state index in [-0.39, 0.29) is 17.0 Å². The van der Waals surface area contributed by atoms with Gasteiger partial charge in [0, 0.05) is 26.7 Å². The number of nitrogens with one attached hydrogen (secondary N) is 1. The van der Waals surface area contributed by atoms with E-state index in [2.05, 4.69) is 9.62 Å². The predicted molar refractivity (Wildman–Crippen MR) is 85.5 cm³/mol. The molecule has 0 spiro atoms. The van der Waals surface area contributed by atoms with E-state index in [1.165, 1.54) is 20.2 Å². The van der Waals surface area contributed by atoms with Gasteiger partial charge >= 0.3 is 0 Å². The van der Waals surface area contributed by atoms with Gasteiger partial charge < -0.3 is 0 Å². The lowest BCUT2D eigenvalue weighted by atomic mass is 9.94. The second-order valence-electron chi connectivity index (χ2n) is 5.78. The Morgan fingerprint density at radius 3 is 2.73 bits per heavy atom. The molecule has 0 radical (unpaired) electrons. The molecule has 1 aromatic rings. The van der Waals surface area contributed by atoms with Gasteiger partial charge in [0.1, 0.15) is 5.82 Å². The van der Waals surface area contributed by atoms with Crippen molar-refractivity contribution in [1.29, 1.82) is 0 Å². The van der Waals surface area contributed by atoms with Crippen LogP contribution >= 0.6 is 11.6 Å². The third kappa shape index (κ3) is 3.78. The van der Waals surface area contributed by atoms with Gasteiger partial charge in [-0.1, -0.05) is 17.7 Å². The highest BCUT2D eigenvalue weighted by molar-refractivity contribution is 7.87. The van der Waals surface area contributed by atoms with Crippen LogP contribution in [0.2, 0.25) is 5.02 Å². The number of rotatable bonds is 5. The Labute approximate surface area is 136 Å². The van der Waals surface area contributed by atoms with Gasteiger partial charge in [-0.15, -0.1) is 0 Å². The fourth-order valence-electron chi connectivity index (χ4n) is 2.80. The SMILES string of the molecule is CN1CCC(CNS(=O)(=O)N(C)C)C1c1ccc(Cl)c(F)c1. The van der Waals surface area contributed by atoms with Crippen LogP contribution in [0.3, 0.4) is 0 Å². The average Bonchev–Trinajstić information content (AvgIpc) is 2.81. The standard InChI is InChI=1S/C14H21ClFN3O2S/c1-18(2)22(20,21)17-9-11-6-7-19(3)14(11)10-4-5-12(15)13(16)8-10/h4-5,8,11,14,17H,6-7,9H2,1-3H3. The molecule has 22 heavy (non-hydrogen) atoms. The number of benzene rings is 1. The number of likely N-dealkylation sites (tertiary alicyclic amines) is 1. The van der Waals surface area contributed by atoms with Gasteiger partial charge in [-0.2, -0.15) is 12.7 Å². The molecule has 2 unspecified atom stereocenters. The lowest BCUT2D eigenvalue weighted by Gasteiger charge is -2.26. The Hall–Kier alpha value is -0.730. The van der Waals surface area contributed by atoms with Crippen LogP contribution in [-0.4, -0.2) is 51.9 Å². The normalized spacial score (nSPS) is 23.4. The lowest BCUT2D eigenvalue weighted by Crippen LogP contribution is -2.39. The minimum atomic E-state index is -3.45. The number of hydrogen-bond donors (Lipinski definition) is 1. The van der Waals surface area contributed by atoms with Crippen molar-refractivity contribution in [2.45, 2.75) is 12.5 Å². The zero-order valence-electron chi connectivity index (χ0n) is 12.9. The molecule has 5 nitrogen and oxygen atoms in total. The van der Waals surface area contributed by atoms with Crippen LogP contribution in [-0.2, 0) is 10.2 Å². The molecule has 1 fully saturated rings. The summed E-state index contributed by atoms with van der Waals surface area (Å²) in [4.78, 5) is 2.11. The van der Waals surface area contributed by atoms with Crippen LogP contribution in [0.25, 0.3) is 0 Å². The molecule has 0 aliphatic carbocycles. The first-order valence-corrected chi connectivity index (χ1v) is 8.86. The summed E-state index contributed by atoms with van der Waals surface area (Å²) in [5, 5.41) is 0.0919. The number of nitrogens with zero attached hydrogens (tertiary/aromatic N) is 2. The fraction of sp³-hybridized carbons (Fsp3) is 0.571. The Morgan fingerprint density at radius 1 is 1.45 bits per heavy atom. The molecule has 0 saturated carbocycles. The first-order valence-electron chi connectivity index (χ1n) is 7.04. The van der Waals surface area contributed by atoms with E-state index in [4.69, 9.17) is 11.6 Å². The molecule has 1 heterocycles. The Kier molecular flexibility index (Phi) is 5.45. The van der Waals surface area contributed by atoms with Gasteiger partial charge in [-0.25, -0.2) is 9.11 Å². The molecule has 0 bridgehead atoms. The summed E-state index contributed by atoms with van der Waals surface area (Å²) in [6.45, 7) is 1.16. The van der Waals surface area contributed by atoms with Crippen LogP contribution in [0.15, 0.2) is 18.2 Å². The topological polar surface area (TPSA) is 52.7 Å². The molecule has 0 amide bonds. The molecule has 1 aliphatic rings. The summed E-state index contributed by atoms with van der Waals surface area (Å²) in [6.07, 6.45) is 0.849. The van der Waals surface area contributed by atoms with Crippen LogP contribution < -0.4 is 4.72 Å². The van der Waals surface area contributed by atoms with Gasteiger partial charge in [0.25, 0.3) is 10.2 Å². The lowest BCUT2D eigenvalue weighted by molar-refractivity contribution is 0.275. The third-order valence-corrected chi connectivity index (χ3v) is 5.87. The summed E-state index contributed by atoms with van der Waals surface area (Å²) >= 11 is 5.73. The Bertz CT molecular complexity index is 639. The minimum absolute atomic E-state index is 0.0309. The first-order chi connectivity index (χ1) is 10.2. The highest BCUT2D eigenvalue weighted by atomic mass is 35.5. The molecule has 124 valence electrons. The van der Waals surface area contributed by atoms with Crippen molar-refractivity contribution in [2.75, 3.05) is 34.2 Å². The van der Waals surface area contributed by atoms with Crippen molar-refractivity contribution in [2.24, 2.45) is 5.92 Å². The highest BCUT2D eigenvalue weighted by Crippen LogP contribution is 2.36. The van der Waals surface area contributed by atoms with E-state index < -0.39 is 16.0 Å². The maximum absolute atomic E-state index is 13.7. The Balaban J connectivity index is 2.16. The summed E-state index contributed by atoms with van der Waals surface area (Å²) < 4.78 is 41.1. The second kappa shape index (κ2) is 6.80. The van der Waals surface area contributed by atoms with Crippen LogP contribution in [0.5, 0.6) is 0 Å². The highest BCUT2D eigenvalue weighted by Gasteiger charge is 2.34. The van der Waals surface area contributed by atoms with Crippen molar-refractivity contribution in [1.82, 2.24) is 13.9 Å². The smallest absolute Gasteiger partial charge is 0.278 e. The Morgan fingerprint density at radius 2 is 2.14 bits per heavy atom. The summed E-state index contributed by atoms with van der Waals surface area (Å²) in [5.74, 6) is -0.368. The molecule has 8 heteroatoms. The van der Waals surface area contributed by atoms with Gasteiger partial charge in [0.2, 0.25) is 0 Å². The average molecular weight is 350 g/mol. The van der Waals surface area contributed by atoms with Gasteiger partial charge in [-0.3, -0.25) is 4.90 Å². The molecule has 1 aliphatic heterocycles. The molecule has 0 aromatic heterocycles. The maximum atomic E-state index is 13.7. The molecule has 2 atom stereocenters. The first kappa shape index (κ1) is 17.6. The van der Waals surface area contributed by atoms with Crippen molar-refractivity contribution in [3.8, 4) is 0 Å². The van der Waals surface area contributed by atoms with Crippen LogP contribution in [0.4, 0.5) is 4.39 Å². The summed E-state index contributed by atoms with van der Waals surface area (Å²) in [7, 11) is 1.46.